The van der Waals surface area contributed by atoms with E-state index in [2.05, 4.69) is 10.5 Å². The second-order valence-corrected chi connectivity index (χ2v) is 6.16. The van der Waals surface area contributed by atoms with E-state index >= 15 is 0 Å². The lowest BCUT2D eigenvalue weighted by atomic mass is 10.1. The number of anilines is 1. The lowest BCUT2D eigenvalue weighted by molar-refractivity contribution is -0.136. The Hall–Kier alpha value is -2.28. The SMILES string of the molecule is Cc1noc(C)c1C(=O)Nc1cccc(CSCCC(=O)O)c1. The molecule has 122 valence electrons. The average Bonchev–Trinajstić information content (AvgIpc) is 2.83. The third-order valence-electron chi connectivity index (χ3n) is 3.17. The maximum Gasteiger partial charge on any atom is 0.304 e. The van der Waals surface area contributed by atoms with Crippen LogP contribution in [0.5, 0.6) is 0 Å². The molecule has 0 fully saturated rings. The Labute approximate surface area is 138 Å². The van der Waals surface area contributed by atoms with Crippen molar-refractivity contribution in [2.75, 3.05) is 11.1 Å². The molecule has 0 aliphatic heterocycles. The van der Waals surface area contributed by atoms with E-state index in [0.29, 0.717) is 34.2 Å². The molecular formula is C16H18N2O4S. The molecule has 2 N–H and O–H groups in total. The molecule has 1 aromatic carbocycles. The van der Waals surface area contributed by atoms with Crippen LogP contribution in [0, 0.1) is 13.8 Å². The van der Waals surface area contributed by atoms with Gasteiger partial charge in [0.15, 0.2) is 0 Å². The van der Waals surface area contributed by atoms with Crippen LogP contribution in [0.2, 0.25) is 0 Å². The summed E-state index contributed by atoms with van der Waals surface area (Å²) in [6, 6.07) is 7.49. The van der Waals surface area contributed by atoms with Crippen molar-refractivity contribution in [2.24, 2.45) is 0 Å². The fourth-order valence-electron chi connectivity index (χ4n) is 2.09. The maximum absolute atomic E-state index is 12.3. The van der Waals surface area contributed by atoms with Crippen LogP contribution in [0.15, 0.2) is 28.8 Å². The zero-order valence-electron chi connectivity index (χ0n) is 13.0. The number of carbonyl (C=O) groups is 2. The molecule has 0 spiro atoms. The molecule has 2 aromatic rings. The second kappa shape index (κ2) is 7.82. The molecule has 23 heavy (non-hydrogen) atoms. The van der Waals surface area contributed by atoms with Gasteiger partial charge in [0, 0.05) is 17.2 Å². The van der Waals surface area contributed by atoms with Gasteiger partial charge in [0.2, 0.25) is 0 Å². The summed E-state index contributed by atoms with van der Waals surface area (Å²) in [5.41, 5.74) is 2.72. The Morgan fingerprint density at radius 2 is 2.13 bits per heavy atom. The summed E-state index contributed by atoms with van der Waals surface area (Å²) in [5.74, 6) is 0.697. The second-order valence-electron chi connectivity index (χ2n) is 5.05. The molecule has 2 rings (SSSR count). The first kappa shape index (κ1) is 17.1. The molecule has 0 radical (unpaired) electrons. The monoisotopic (exact) mass is 334 g/mol. The van der Waals surface area contributed by atoms with Gasteiger partial charge in [-0.2, -0.15) is 11.8 Å². The number of amides is 1. The van der Waals surface area contributed by atoms with E-state index in [4.69, 9.17) is 9.63 Å². The van der Waals surface area contributed by atoms with Crippen molar-refractivity contribution in [3.8, 4) is 0 Å². The van der Waals surface area contributed by atoms with Crippen molar-refractivity contribution < 1.29 is 19.2 Å². The zero-order valence-corrected chi connectivity index (χ0v) is 13.8. The van der Waals surface area contributed by atoms with E-state index in [9.17, 15) is 9.59 Å². The molecule has 6 nitrogen and oxygen atoms in total. The fraction of sp³-hybridized carbons (Fsp3) is 0.312. The van der Waals surface area contributed by atoms with E-state index in [1.165, 1.54) is 0 Å². The smallest absolute Gasteiger partial charge is 0.304 e. The van der Waals surface area contributed by atoms with Crippen LogP contribution in [0.3, 0.4) is 0 Å². The summed E-state index contributed by atoms with van der Waals surface area (Å²) in [5, 5.41) is 15.2. The van der Waals surface area contributed by atoms with Gasteiger partial charge in [-0.3, -0.25) is 9.59 Å². The number of aliphatic carboxylic acids is 1. The first-order valence-corrected chi connectivity index (χ1v) is 8.25. The van der Waals surface area contributed by atoms with Crippen LogP contribution in [0.4, 0.5) is 5.69 Å². The quantitative estimate of drug-likeness (QED) is 0.755. The highest BCUT2D eigenvalue weighted by Gasteiger charge is 2.17. The lowest BCUT2D eigenvalue weighted by Gasteiger charge is -2.07. The van der Waals surface area contributed by atoms with Crippen LogP contribution in [0.1, 0.15) is 33.8 Å². The number of nitrogens with one attached hydrogen (secondary N) is 1. The van der Waals surface area contributed by atoms with Crippen molar-refractivity contribution in [1.82, 2.24) is 5.16 Å². The minimum Gasteiger partial charge on any atom is -0.481 e. The van der Waals surface area contributed by atoms with Gasteiger partial charge in [0.25, 0.3) is 5.91 Å². The van der Waals surface area contributed by atoms with Crippen molar-refractivity contribution >= 4 is 29.3 Å². The van der Waals surface area contributed by atoms with Gasteiger partial charge in [0.1, 0.15) is 11.3 Å². The van der Waals surface area contributed by atoms with Gasteiger partial charge in [-0.25, -0.2) is 0 Å². The molecule has 0 aliphatic rings. The third-order valence-corrected chi connectivity index (χ3v) is 4.20. The Morgan fingerprint density at radius 1 is 1.35 bits per heavy atom. The lowest BCUT2D eigenvalue weighted by Crippen LogP contribution is -2.13. The summed E-state index contributed by atoms with van der Waals surface area (Å²) in [6.07, 6.45) is 0.146. The third kappa shape index (κ3) is 4.85. The van der Waals surface area contributed by atoms with Crippen LogP contribution < -0.4 is 5.32 Å². The molecule has 1 heterocycles. The maximum atomic E-state index is 12.3. The number of aromatic nitrogens is 1. The summed E-state index contributed by atoms with van der Waals surface area (Å²) < 4.78 is 5.00. The number of hydrogen-bond donors (Lipinski definition) is 2. The summed E-state index contributed by atoms with van der Waals surface area (Å²) in [7, 11) is 0. The highest BCUT2D eigenvalue weighted by atomic mass is 32.2. The van der Waals surface area contributed by atoms with E-state index in [0.717, 1.165) is 5.56 Å². The molecule has 1 amide bonds. The summed E-state index contributed by atoms with van der Waals surface area (Å²) in [6.45, 7) is 3.42. The van der Waals surface area contributed by atoms with E-state index in [1.807, 2.05) is 24.3 Å². The molecule has 0 aliphatic carbocycles. The van der Waals surface area contributed by atoms with Crippen LogP contribution >= 0.6 is 11.8 Å². The average molecular weight is 334 g/mol. The number of benzene rings is 1. The number of rotatable bonds is 7. The Bertz CT molecular complexity index is 692. The predicted octanol–water partition coefficient (Wildman–Crippen LogP) is 3.25. The fourth-order valence-corrected chi connectivity index (χ4v) is 2.97. The topological polar surface area (TPSA) is 92.4 Å². The number of nitrogens with zero attached hydrogens (tertiary/aromatic N) is 1. The predicted molar refractivity (Wildman–Crippen MR) is 88.8 cm³/mol. The highest BCUT2D eigenvalue weighted by Crippen LogP contribution is 2.19. The first-order valence-electron chi connectivity index (χ1n) is 7.10. The largest absolute Gasteiger partial charge is 0.481 e. The van der Waals surface area contributed by atoms with Gasteiger partial charge in [-0.1, -0.05) is 17.3 Å². The number of hydrogen-bond acceptors (Lipinski definition) is 5. The van der Waals surface area contributed by atoms with Crippen LogP contribution in [-0.2, 0) is 10.5 Å². The Balaban J connectivity index is 1.97. The standard InChI is InChI=1S/C16H18N2O4S/c1-10-15(11(2)22-18-10)16(21)17-13-5-3-4-12(8-13)9-23-7-6-14(19)20/h3-5,8H,6-7,9H2,1-2H3,(H,17,21)(H,19,20). The number of aryl methyl sites for hydroxylation is 2. The molecule has 0 unspecified atom stereocenters. The number of carbonyl (C=O) groups excluding carboxylic acids is 1. The van der Waals surface area contributed by atoms with Gasteiger partial charge < -0.3 is 14.9 Å². The first-order chi connectivity index (χ1) is 11.0. The molecule has 1 aromatic heterocycles. The number of thioether (sulfide) groups is 1. The van der Waals surface area contributed by atoms with E-state index in [-0.39, 0.29) is 12.3 Å². The normalized spacial score (nSPS) is 10.5. The molecule has 0 atom stereocenters. The Kier molecular flexibility index (Phi) is 5.81. The van der Waals surface area contributed by atoms with E-state index < -0.39 is 5.97 Å². The van der Waals surface area contributed by atoms with Crippen LogP contribution in [0.25, 0.3) is 0 Å². The minimum atomic E-state index is -0.794. The van der Waals surface area contributed by atoms with Gasteiger partial charge in [0.05, 0.1) is 12.1 Å². The van der Waals surface area contributed by atoms with Gasteiger partial charge in [-0.05, 0) is 31.5 Å². The van der Waals surface area contributed by atoms with Crippen molar-refractivity contribution in [1.29, 1.82) is 0 Å². The van der Waals surface area contributed by atoms with Gasteiger partial charge in [-0.15, -0.1) is 0 Å². The van der Waals surface area contributed by atoms with Crippen molar-refractivity contribution in [2.45, 2.75) is 26.0 Å². The molecule has 0 saturated carbocycles. The molecule has 0 saturated heterocycles. The summed E-state index contributed by atoms with van der Waals surface area (Å²) >= 11 is 1.55. The van der Waals surface area contributed by atoms with Gasteiger partial charge >= 0.3 is 5.97 Å². The van der Waals surface area contributed by atoms with E-state index in [1.54, 1.807) is 25.6 Å². The van der Waals surface area contributed by atoms with Crippen molar-refractivity contribution in [3.05, 3.63) is 46.8 Å². The molecule has 0 bridgehead atoms. The number of carboxylic acid groups (broad SMARTS) is 1. The zero-order chi connectivity index (χ0) is 16.8. The number of carboxylic acids is 1. The molecular weight excluding hydrogens is 316 g/mol. The molecule has 7 heteroatoms. The van der Waals surface area contributed by atoms with Crippen LogP contribution in [-0.4, -0.2) is 27.9 Å². The highest BCUT2D eigenvalue weighted by molar-refractivity contribution is 7.98. The van der Waals surface area contributed by atoms with Crippen molar-refractivity contribution in [3.63, 3.8) is 0 Å². The Morgan fingerprint density at radius 3 is 2.78 bits per heavy atom. The summed E-state index contributed by atoms with van der Waals surface area (Å²) in [4.78, 5) is 22.8. The minimum absolute atomic E-state index is 0.146.